The van der Waals surface area contributed by atoms with E-state index in [4.69, 9.17) is 0 Å². The Kier molecular flexibility index (Phi) is 3.41. The lowest BCUT2D eigenvalue weighted by Gasteiger charge is -2.06. The highest BCUT2D eigenvalue weighted by Gasteiger charge is 2.11. The fraction of sp³-hybridized carbons (Fsp3) is 0.333. The summed E-state index contributed by atoms with van der Waals surface area (Å²) in [6, 6.07) is 2.75. The van der Waals surface area contributed by atoms with Crippen molar-refractivity contribution in [3.05, 3.63) is 34.9 Å². The number of rotatable bonds is 3. The van der Waals surface area contributed by atoms with E-state index >= 15 is 0 Å². The van der Waals surface area contributed by atoms with Gasteiger partial charge in [0.25, 0.3) is 0 Å². The van der Waals surface area contributed by atoms with Gasteiger partial charge in [-0.15, -0.1) is 0 Å². The summed E-state index contributed by atoms with van der Waals surface area (Å²) in [6.07, 6.45) is 0.954. The predicted molar refractivity (Wildman–Crippen MR) is 52.8 cm³/mol. The van der Waals surface area contributed by atoms with Crippen molar-refractivity contribution < 1.29 is 17.2 Å². The van der Waals surface area contributed by atoms with E-state index in [0.717, 1.165) is 6.26 Å². The van der Waals surface area contributed by atoms with E-state index in [2.05, 4.69) is 4.72 Å². The Bertz CT molecular complexity index is 471. The molecule has 0 aliphatic carbocycles. The molecule has 0 heterocycles. The normalized spacial score (nSPS) is 11.7. The molecule has 15 heavy (non-hydrogen) atoms. The number of nitrogens with one attached hydrogen (secondary N) is 1. The molecule has 1 N–H and O–H groups in total. The van der Waals surface area contributed by atoms with Crippen LogP contribution in [0.5, 0.6) is 0 Å². The van der Waals surface area contributed by atoms with E-state index in [-0.39, 0.29) is 17.7 Å². The molecule has 0 fully saturated rings. The molecule has 1 aromatic rings. The molecule has 6 heteroatoms. The Morgan fingerprint density at radius 2 is 1.87 bits per heavy atom. The van der Waals surface area contributed by atoms with Crippen LogP contribution >= 0.6 is 0 Å². The van der Waals surface area contributed by atoms with Crippen LogP contribution in [-0.2, 0) is 16.6 Å². The molecule has 0 spiro atoms. The van der Waals surface area contributed by atoms with E-state index < -0.39 is 21.7 Å². The predicted octanol–water partition coefficient (Wildman–Crippen LogP) is 1.32. The quantitative estimate of drug-likeness (QED) is 0.859. The molecule has 0 saturated carbocycles. The summed E-state index contributed by atoms with van der Waals surface area (Å²) in [5.41, 5.74) is 0.180. The molecular formula is C9H11F2NO2S. The van der Waals surface area contributed by atoms with E-state index in [1.165, 1.54) is 19.1 Å². The van der Waals surface area contributed by atoms with Crippen LogP contribution in [0.2, 0.25) is 0 Å². The van der Waals surface area contributed by atoms with Crippen LogP contribution in [0, 0.1) is 18.6 Å². The smallest absolute Gasteiger partial charge is 0.209 e. The highest BCUT2D eigenvalue weighted by atomic mass is 32.2. The second-order valence-electron chi connectivity index (χ2n) is 3.26. The summed E-state index contributed by atoms with van der Waals surface area (Å²) >= 11 is 0. The van der Waals surface area contributed by atoms with Crippen LogP contribution in [0.25, 0.3) is 0 Å². The van der Waals surface area contributed by atoms with Crippen molar-refractivity contribution in [1.82, 2.24) is 4.72 Å². The molecule has 0 bridgehead atoms. The van der Waals surface area contributed by atoms with Crippen molar-refractivity contribution >= 4 is 10.0 Å². The van der Waals surface area contributed by atoms with Crippen LogP contribution in [0.1, 0.15) is 11.1 Å². The number of sulfonamides is 1. The molecule has 0 aliphatic rings. The third-order valence-electron chi connectivity index (χ3n) is 1.88. The maximum atomic E-state index is 13.2. The second kappa shape index (κ2) is 4.24. The SMILES string of the molecule is Cc1ccc(CNS(C)(=O)=O)c(F)c1F. The molecule has 0 aromatic heterocycles. The van der Waals surface area contributed by atoms with Crippen molar-refractivity contribution in [2.45, 2.75) is 13.5 Å². The topological polar surface area (TPSA) is 46.2 Å². The van der Waals surface area contributed by atoms with E-state index in [9.17, 15) is 17.2 Å². The molecular weight excluding hydrogens is 224 g/mol. The molecule has 0 saturated heterocycles. The molecule has 0 radical (unpaired) electrons. The van der Waals surface area contributed by atoms with Gasteiger partial charge in [0.1, 0.15) is 0 Å². The average Bonchev–Trinajstić information content (AvgIpc) is 2.12. The lowest BCUT2D eigenvalue weighted by molar-refractivity contribution is 0.491. The summed E-state index contributed by atoms with van der Waals surface area (Å²) in [4.78, 5) is 0. The van der Waals surface area contributed by atoms with Gasteiger partial charge in [-0.3, -0.25) is 0 Å². The maximum Gasteiger partial charge on any atom is 0.209 e. The van der Waals surface area contributed by atoms with Crippen LogP contribution in [0.4, 0.5) is 8.78 Å². The Morgan fingerprint density at radius 1 is 1.27 bits per heavy atom. The number of benzene rings is 1. The average molecular weight is 235 g/mol. The van der Waals surface area contributed by atoms with Gasteiger partial charge in [0.05, 0.1) is 6.26 Å². The Labute approximate surface area is 87.2 Å². The highest BCUT2D eigenvalue weighted by molar-refractivity contribution is 7.88. The fourth-order valence-electron chi connectivity index (χ4n) is 1.03. The van der Waals surface area contributed by atoms with Crippen LogP contribution in [0.15, 0.2) is 12.1 Å². The summed E-state index contributed by atoms with van der Waals surface area (Å²) < 4.78 is 49.9. The summed E-state index contributed by atoms with van der Waals surface area (Å²) in [6.45, 7) is 1.19. The Morgan fingerprint density at radius 3 is 2.40 bits per heavy atom. The largest absolute Gasteiger partial charge is 0.213 e. The van der Waals surface area contributed by atoms with Crippen molar-refractivity contribution in [3.63, 3.8) is 0 Å². The lowest BCUT2D eigenvalue weighted by Crippen LogP contribution is -2.22. The maximum absolute atomic E-state index is 13.2. The van der Waals surface area contributed by atoms with Gasteiger partial charge in [0.15, 0.2) is 11.6 Å². The van der Waals surface area contributed by atoms with E-state index in [1.54, 1.807) is 0 Å². The summed E-state index contributed by atoms with van der Waals surface area (Å²) in [7, 11) is -3.40. The van der Waals surface area contributed by atoms with Gasteiger partial charge < -0.3 is 0 Å². The number of hydrogen-bond donors (Lipinski definition) is 1. The van der Waals surface area contributed by atoms with E-state index in [1.807, 2.05) is 0 Å². The van der Waals surface area contributed by atoms with Crippen molar-refractivity contribution in [2.75, 3.05) is 6.26 Å². The molecule has 0 unspecified atom stereocenters. The van der Waals surface area contributed by atoms with Crippen molar-refractivity contribution in [2.24, 2.45) is 0 Å². The molecule has 1 aromatic carbocycles. The first-order chi connectivity index (χ1) is 6.81. The standard InChI is InChI=1S/C9H11F2NO2S/c1-6-3-4-7(9(11)8(6)10)5-12-15(2,13)14/h3-4,12H,5H2,1-2H3. The molecule has 3 nitrogen and oxygen atoms in total. The first-order valence-corrected chi connectivity index (χ1v) is 6.08. The van der Waals surface area contributed by atoms with Gasteiger partial charge in [-0.05, 0) is 12.5 Å². The highest BCUT2D eigenvalue weighted by Crippen LogP contribution is 2.15. The monoisotopic (exact) mass is 235 g/mol. The number of halogens is 2. The second-order valence-corrected chi connectivity index (χ2v) is 5.10. The minimum absolute atomic E-state index is 0.0106. The van der Waals surface area contributed by atoms with Gasteiger partial charge in [0.2, 0.25) is 10.0 Å². The Hall–Kier alpha value is -1.01. The number of hydrogen-bond acceptors (Lipinski definition) is 2. The molecule has 0 aliphatic heterocycles. The molecule has 0 amide bonds. The zero-order valence-corrected chi connectivity index (χ0v) is 9.16. The summed E-state index contributed by atoms with van der Waals surface area (Å²) in [5, 5.41) is 0. The van der Waals surface area contributed by atoms with Crippen molar-refractivity contribution in [3.8, 4) is 0 Å². The Balaban J connectivity index is 2.93. The third kappa shape index (κ3) is 3.24. The summed E-state index contributed by atoms with van der Waals surface area (Å²) in [5.74, 6) is -1.95. The molecule has 84 valence electrons. The third-order valence-corrected chi connectivity index (χ3v) is 2.55. The van der Waals surface area contributed by atoms with Crippen LogP contribution in [0.3, 0.4) is 0 Å². The van der Waals surface area contributed by atoms with E-state index in [0.29, 0.717) is 0 Å². The van der Waals surface area contributed by atoms with Gasteiger partial charge in [-0.2, -0.15) is 0 Å². The van der Waals surface area contributed by atoms with Gasteiger partial charge in [0, 0.05) is 12.1 Å². The van der Waals surface area contributed by atoms with Crippen molar-refractivity contribution in [1.29, 1.82) is 0 Å². The zero-order valence-electron chi connectivity index (χ0n) is 8.34. The molecule has 1 rings (SSSR count). The minimum Gasteiger partial charge on any atom is -0.213 e. The van der Waals surface area contributed by atoms with Gasteiger partial charge in [-0.1, -0.05) is 12.1 Å². The van der Waals surface area contributed by atoms with Gasteiger partial charge in [-0.25, -0.2) is 21.9 Å². The van der Waals surface area contributed by atoms with Crippen LogP contribution in [-0.4, -0.2) is 14.7 Å². The molecule has 0 atom stereocenters. The van der Waals surface area contributed by atoms with Gasteiger partial charge >= 0.3 is 0 Å². The first kappa shape index (κ1) is 12.1. The van der Waals surface area contributed by atoms with Crippen LogP contribution < -0.4 is 4.72 Å². The first-order valence-electron chi connectivity index (χ1n) is 4.19. The fourth-order valence-corrected chi connectivity index (χ4v) is 1.45. The minimum atomic E-state index is -3.40. The zero-order chi connectivity index (χ0) is 11.6. The number of aryl methyl sites for hydroxylation is 1. The lowest BCUT2D eigenvalue weighted by atomic mass is 10.1.